The predicted molar refractivity (Wildman–Crippen MR) is 217 cm³/mol. The molecule has 3 aromatic heterocycles. The van der Waals surface area contributed by atoms with Gasteiger partial charge < -0.3 is 19.4 Å². The van der Waals surface area contributed by atoms with Gasteiger partial charge in [-0.15, -0.1) is 0 Å². The molecule has 2 N–H and O–H groups in total. The molecule has 1 fully saturated rings. The standard InChI is InChI=1S/C47H37N5O2/c1-5-13-31(14-6-1)41-35-21-22-36(48-35)42(32-15-7-2-8-16-32)38-24-26-40(50-38)44(34-19-11-4-12-20-34)46-51-45(47(54-46)52-27-29-53-30-28-52)43(33-17-9-3-10-18-33)39-25-23-37(41)49-39/h1-26,47,49-50H,27-30H2. The number of nitrogens with one attached hydrogen (secondary N) is 2. The fourth-order valence-electron chi connectivity index (χ4n) is 7.86. The molecule has 0 amide bonds. The topological polar surface area (TPSA) is 79.1 Å². The van der Waals surface area contributed by atoms with E-state index in [0.717, 1.165) is 96.7 Å². The molecule has 0 spiro atoms. The van der Waals surface area contributed by atoms with Gasteiger partial charge in [-0.2, -0.15) is 0 Å². The third-order valence-electron chi connectivity index (χ3n) is 10.4. The summed E-state index contributed by atoms with van der Waals surface area (Å²) >= 11 is 0. The molecule has 4 aromatic carbocycles. The van der Waals surface area contributed by atoms with Crippen LogP contribution in [0.15, 0.2) is 146 Å². The van der Waals surface area contributed by atoms with Gasteiger partial charge in [0.1, 0.15) is 5.69 Å². The summed E-state index contributed by atoms with van der Waals surface area (Å²) in [6.45, 7) is 2.73. The lowest BCUT2D eigenvalue weighted by molar-refractivity contribution is -0.0417. The zero-order chi connectivity index (χ0) is 35.8. The molecule has 1 atom stereocenters. The molecule has 7 nitrogen and oxygen atoms in total. The van der Waals surface area contributed by atoms with Gasteiger partial charge in [0.05, 0.1) is 35.7 Å². The molecule has 262 valence electrons. The van der Waals surface area contributed by atoms with Crippen molar-refractivity contribution in [1.82, 2.24) is 24.8 Å². The van der Waals surface area contributed by atoms with Crippen LogP contribution in [-0.4, -0.2) is 51.1 Å². The monoisotopic (exact) mass is 703 g/mol. The maximum absolute atomic E-state index is 7.12. The second-order valence-corrected chi connectivity index (χ2v) is 13.7. The Morgan fingerprint density at radius 2 is 0.870 bits per heavy atom. The van der Waals surface area contributed by atoms with Gasteiger partial charge >= 0.3 is 0 Å². The van der Waals surface area contributed by atoms with E-state index in [-0.39, 0.29) is 0 Å². The summed E-state index contributed by atoms with van der Waals surface area (Å²) in [7, 11) is 0. The normalized spacial score (nSPS) is 15.6. The minimum atomic E-state index is -0.433. The van der Waals surface area contributed by atoms with E-state index in [2.05, 4.69) is 154 Å². The first-order chi connectivity index (χ1) is 26.8. The van der Waals surface area contributed by atoms with E-state index in [9.17, 15) is 0 Å². The number of ether oxygens (including phenoxy) is 2. The number of fused-ring (bicyclic) bond motifs is 8. The van der Waals surface area contributed by atoms with Crippen LogP contribution in [0.5, 0.6) is 5.88 Å². The van der Waals surface area contributed by atoms with Gasteiger partial charge in [0.2, 0.25) is 5.88 Å². The zero-order valence-corrected chi connectivity index (χ0v) is 29.6. The second kappa shape index (κ2) is 13.8. The van der Waals surface area contributed by atoms with E-state index in [4.69, 9.17) is 19.4 Å². The van der Waals surface area contributed by atoms with Crippen LogP contribution >= 0.6 is 0 Å². The number of benzene rings is 4. The second-order valence-electron chi connectivity index (χ2n) is 13.7. The number of morpholine rings is 1. The average molecular weight is 704 g/mol. The summed E-state index contributed by atoms with van der Waals surface area (Å²) in [6.07, 6.45) is 3.83. The fourth-order valence-corrected chi connectivity index (χ4v) is 7.86. The quantitative estimate of drug-likeness (QED) is 0.187. The Bertz CT molecular complexity index is 2660. The molecule has 0 aliphatic carbocycles. The fraction of sp³-hybridized carbons (Fsp3) is 0.106. The van der Waals surface area contributed by atoms with Crippen molar-refractivity contribution >= 4 is 34.2 Å². The molecule has 1 unspecified atom stereocenters. The van der Waals surface area contributed by atoms with Gasteiger partial charge in [-0.05, 0) is 58.7 Å². The Kier molecular flexibility index (Phi) is 8.20. The van der Waals surface area contributed by atoms with E-state index < -0.39 is 6.23 Å². The summed E-state index contributed by atoms with van der Waals surface area (Å²) in [6, 6.07) is 50.5. The summed E-state index contributed by atoms with van der Waals surface area (Å²) in [5.74, 6) is 0.569. The summed E-state index contributed by atoms with van der Waals surface area (Å²) in [5, 5.41) is 0. The highest BCUT2D eigenvalue weighted by molar-refractivity contribution is 5.97. The number of aromatic amines is 2. The molecule has 54 heavy (non-hydrogen) atoms. The molecule has 0 radical (unpaired) electrons. The van der Waals surface area contributed by atoms with Gasteiger partial charge in [0.15, 0.2) is 6.23 Å². The molecular formula is C47H37N5O2. The minimum Gasteiger partial charge on any atom is -0.452 e. The lowest BCUT2D eigenvalue weighted by Gasteiger charge is -2.31. The lowest BCUT2D eigenvalue weighted by Crippen LogP contribution is -2.40. The van der Waals surface area contributed by atoms with E-state index in [1.165, 1.54) is 0 Å². The average Bonchev–Trinajstić information content (AvgIpc) is 4.07. The van der Waals surface area contributed by atoms with Crippen molar-refractivity contribution in [2.24, 2.45) is 0 Å². The molecule has 0 saturated carbocycles. The smallest absolute Gasteiger partial charge is 0.225 e. The van der Waals surface area contributed by atoms with Gasteiger partial charge in [-0.25, -0.2) is 9.97 Å². The number of hydrogen-bond acceptors (Lipinski definition) is 5. The van der Waals surface area contributed by atoms with E-state index in [0.29, 0.717) is 19.1 Å². The minimum absolute atomic E-state index is 0.433. The third-order valence-corrected chi connectivity index (χ3v) is 10.4. The maximum Gasteiger partial charge on any atom is 0.225 e. The molecule has 3 aliphatic heterocycles. The van der Waals surface area contributed by atoms with Crippen molar-refractivity contribution in [3.63, 3.8) is 0 Å². The van der Waals surface area contributed by atoms with Crippen molar-refractivity contribution < 1.29 is 9.47 Å². The van der Waals surface area contributed by atoms with Crippen LogP contribution in [0.1, 0.15) is 23.3 Å². The summed E-state index contributed by atoms with van der Waals surface area (Å²) in [4.78, 5) is 20.9. The van der Waals surface area contributed by atoms with E-state index in [1.54, 1.807) is 0 Å². The van der Waals surface area contributed by atoms with Crippen LogP contribution in [-0.2, 0) is 4.74 Å². The van der Waals surface area contributed by atoms with E-state index in [1.807, 2.05) is 18.2 Å². The largest absolute Gasteiger partial charge is 0.452 e. The van der Waals surface area contributed by atoms with Crippen LogP contribution in [0, 0.1) is 0 Å². The zero-order valence-electron chi connectivity index (χ0n) is 29.6. The maximum atomic E-state index is 7.12. The Morgan fingerprint density at radius 1 is 0.463 bits per heavy atom. The highest BCUT2D eigenvalue weighted by Gasteiger charge is 2.34. The van der Waals surface area contributed by atoms with E-state index >= 15 is 0 Å². The van der Waals surface area contributed by atoms with Gasteiger partial charge in [0, 0.05) is 46.3 Å². The van der Waals surface area contributed by atoms with Crippen molar-refractivity contribution in [1.29, 1.82) is 0 Å². The van der Waals surface area contributed by atoms with Crippen molar-refractivity contribution in [2.75, 3.05) is 26.3 Å². The predicted octanol–water partition coefficient (Wildman–Crippen LogP) is 10.6. The van der Waals surface area contributed by atoms with Crippen LogP contribution in [0.2, 0.25) is 0 Å². The van der Waals surface area contributed by atoms with Crippen LogP contribution in [0.4, 0.5) is 0 Å². The molecule has 7 aromatic rings. The Morgan fingerprint density at radius 3 is 1.35 bits per heavy atom. The molecule has 10 rings (SSSR count). The third kappa shape index (κ3) is 5.80. The van der Waals surface area contributed by atoms with Crippen molar-refractivity contribution in [3.8, 4) is 50.4 Å². The molecule has 8 bridgehead atoms. The number of aromatic nitrogens is 4. The van der Waals surface area contributed by atoms with Gasteiger partial charge in [-0.1, -0.05) is 121 Å². The number of nitrogens with zero attached hydrogens (tertiary/aromatic N) is 3. The molecule has 7 heteroatoms. The highest BCUT2D eigenvalue weighted by atomic mass is 16.5. The first-order valence-corrected chi connectivity index (χ1v) is 18.5. The lowest BCUT2D eigenvalue weighted by atomic mass is 10.0. The van der Waals surface area contributed by atoms with Crippen LogP contribution in [0.25, 0.3) is 78.7 Å². The van der Waals surface area contributed by atoms with Crippen molar-refractivity contribution in [2.45, 2.75) is 6.23 Å². The Hall–Kier alpha value is -6.54. The molecule has 6 heterocycles. The molecule has 1 saturated heterocycles. The molecular weight excluding hydrogens is 667 g/mol. The SMILES string of the molecule is C1=Cc2nc1c(-c1ccccc1)c1ccc([nH]1)c(-c1ccccc1)c1nc(c(-c3ccccc3)c3ccc([nH]3)c2-c2ccccc2)C(N2CCOCC2)O1. The molecule has 3 aliphatic rings. The summed E-state index contributed by atoms with van der Waals surface area (Å²) in [5.41, 5.74) is 14.5. The highest BCUT2D eigenvalue weighted by Crippen LogP contribution is 2.43. The summed E-state index contributed by atoms with van der Waals surface area (Å²) < 4.78 is 12.9. The first-order valence-electron chi connectivity index (χ1n) is 18.5. The first kappa shape index (κ1) is 32.1. The van der Waals surface area contributed by atoms with Crippen LogP contribution < -0.4 is 4.74 Å². The van der Waals surface area contributed by atoms with Gasteiger partial charge in [0.25, 0.3) is 0 Å². The number of H-pyrrole nitrogens is 2. The Labute approximate surface area is 313 Å². The Balaban J connectivity index is 1.39. The number of rotatable bonds is 5. The number of hydrogen-bond donors (Lipinski definition) is 2. The van der Waals surface area contributed by atoms with Crippen molar-refractivity contribution in [3.05, 3.63) is 163 Å². The van der Waals surface area contributed by atoms with Gasteiger partial charge in [-0.3, -0.25) is 4.90 Å². The van der Waals surface area contributed by atoms with Crippen LogP contribution in [0.3, 0.4) is 0 Å².